The fourth-order valence-corrected chi connectivity index (χ4v) is 9.68. The van der Waals surface area contributed by atoms with Gasteiger partial charge in [-0.25, -0.2) is 0 Å². The highest BCUT2D eigenvalue weighted by molar-refractivity contribution is 5.95. The third kappa shape index (κ3) is 4.18. The van der Waals surface area contributed by atoms with E-state index in [0.717, 1.165) is 5.57 Å². The number of rotatable bonds is 6. The quantitative estimate of drug-likeness (QED) is 0.330. The maximum atomic E-state index is 14.3. The van der Waals surface area contributed by atoms with E-state index in [-0.39, 0.29) is 49.1 Å². The van der Waals surface area contributed by atoms with Crippen LogP contribution in [0.4, 0.5) is 0 Å². The van der Waals surface area contributed by atoms with E-state index in [2.05, 4.69) is 13.0 Å². The first-order valence-corrected chi connectivity index (χ1v) is 14.7. The van der Waals surface area contributed by atoms with Crippen LogP contribution in [-0.4, -0.2) is 62.0 Å². The molecule has 8 heteroatoms. The van der Waals surface area contributed by atoms with Gasteiger partial charge in [0.2, 0.25) is 0 Å². The number of esters is 1. The van der Waals surface area contributed by atoms with Crippen LogP contribution < -0.4 is 0 Å². The van der Waals surface area contributed by atoms with Crippen molar-refractivity contribution in [2.45, 2.75) is 124 Å². The second kappa shape index (κ2) is 9.30. The second-order valence-electron chi connectivity index (χ2n) is 15.1. The Hall–Kier alpha value is -1.90. The van der Waals surface area contributed by atoms with Crippen LogP contribution in [0.5, 0.6) is 0 Å². The van der Waals surface area contributed by atoms with Crippen molar-refractivity contribution in [1.29, 1.82) is 0 Å². The Kier molecular flexibility index (Phi) is 7.22. The van der Waals surface area contributed by atoms with Crippen molar-refractivity contribution < 1.29 is 39.2 Å². The number of aliphatic hydroxyl groups excluding tert-OH is 2. The van der Waals surface area contributed by atoms with Gasteiger partial charge in [-0.15, -0.1) is 0 Å². The van der Waals surface area contributed by atoms with Crippen molar-refractivity contribution in [2.24, 2.45) is 39.4 Å². The minimum Gasteiger partial charge on any atom is -0.460 e. The van der Waals surface area contributed by atoms with Gasteiger partial charge in [0.05, 0.1) is 6.10 Å². The summed E-state index contributed by atoms with van der Waals surface area (Å²) in [4.78, 5) is 52.2. The van der Waals surface area contributed by atoms with E-state index in [9.17, 15) is 34.5 Å². The molecule has 0 saturated heterocycles. The van der Waals surface area contributed by atoms with E-state index in [1.54, 1.807) is 13.8 Å². The lowest BCUT2D eigenvalue weighted by atomic mass is 9.38. The van der Waals surface area contributed by atoms with Crippen LogP contribution >= 0.6 is 0 Å². The van der Waals surface area contributed by atoms with Gasteiger partial charge in [0.25, 0.3) is 0 Å². The standard InChI is InChI=1S/C32H48O8/c1-17(33)40-27(2,3)13-12-23(36)32(9,39)25-21(35)15-29(6)22-11-10-18-19(14-20(34)26(38)28(18,4)5)31(22,8)24(37)16-30(25,29)7/h10,19-22,25,34-35,39H,11-16H2,1-9H3. The molecule has 0 radical (unpaired) electrons. The number of Topliss-reactive ketones (excluding diaryl/α,β-unsaturated/α-hetero) is 3. The molecule has 0 aromatic rings. The Morgan fingerprint density at radius 3 is 2.23 bits per heavy atom. The lowest BCUT2D eigenvalue weighted by Gasteiger charge is -2.64. The van der Waals surface area contributed by atoms with Gasteiger partial charge in [-0.2, -0.15) is 0 Å². The number of ether oxygens (including phenoxy) is 1. The third-order valence-corrected chi connectivity index (χ3v) is 11.9. The van der Waals surface area contributed by atoms with Gasteiger partial charge in [-0.1, -0.05) is 32.4 Å². The molecular weight excluding hydrogens is 512 g/mol. The average molecular weight is 561 g/mol. The van der Waals surface area contributed by atoms with Gasteiger partial charge in [0, 0.05) is 36.5 Å². The van der Waals surface area contributed by atoms with Crippen LogP contribution in [0.3, 0.4) is 0 Å². The first-order chi connectivity index (χ1) is 18.1. The van der Waals surface area contributed by atoms with Crippen LogP contribution in [0.2, 0.25) is 0 Å². The van der Waals surface area contributed by atoms with E-state index in [0.29, 0.717) is 12.8 Å². The van der Waals surface area contributed by atoms with Crippen LogP contribution in [0, 0.1) is 39.4 Å². The summed E-state index contributed by atoms with van der Waals surface area (Å²) in [6.07, 6.45) is 1.23. The normalized spacial score (nSPS) is 42.2. The minimum absolute atomic E-state index is 0.0104. The van der Waals surface area contributed by atoms with Crippen LogP contribution in [0.1, 0.15) is 101 Å². The van der Waals surface area contributed by atoms with E-state index in [1.165, 1.54) is 13.8 Å². The summed E-state index contributed by atoms with van der Waals surface area (Å²) in [5.41, 5.74) is -5.07. The Labute approximate surface area is 237 Å². The zero-order chi connectivity index (χ0) is 30.4. The molecule has 4 aliphatic rings. The molecule has 0 spiro atoms. The van der Waals surface area contributed by atoms with Gasteiger partial charge >= 0.3 is 5.97 Å². The number of allylic oxidation sites excluding steroid dienone is 2. The highest BCUT2D eigenvalue weighted by Gasteiger charge is 2.74. The molecule has 0 aromatic heterocycles. The summed E-state index contributed by atoms with van der Waals surface area (Å²) in [6.45, 7) is 15.8. The molecule has 0 amide bonds. The number of hydrogen-bond donors (Lipinski definition) is 3. The molecule has 9 atom stereocenters. The SMILES string of the molecule is CC(=O)OC(C)(C)CCC(=O)C(C)(O)C1C(O)CC2(C)C3CC=C4C(CC(O)C(=O)C4(C)C)C3(C)C(=O)CC12C. The Morgan fingerprint density at radius 2 is 1.65 bits per heavy atom. The number of carbonyl (C=O) groups excluding carboxylic acids is 4. The van der Waals surface area contributed by atoms with Crippen molar-refractivity contribution in [1.82, 2.24) is 0 Å². The number of fused-ring (bicyclic) bond motifs is 5. The van der Waals surface area contributed by atoms with Crippen molar-refractivity contribution in [3.63, 3.8) is 0 Å². The number of carbonyl (C=O) groups is 4. The molecule has 3 fully saturated rings. The smallest absolute Gasteiger partial charge is 0.303 e. The predicted molar refractivity (Wildman–Crippen MR) is 148 cm³/mol. The number of hydrogen-bond acceptors (Lipinski definition) is 8. The molecule has 0 bridgehead atoms. The van der Waals surface area contributed by atoms with Gasteiger partial charge < -0.3 is 20.1 Å². The maximum absolute atomic E-state index is 14.3. The van der Waals surface area contributed by atoms with Crippen molar-refractivity contribution in [2.75, 3.05) is 0 Å². The number of ketones is 3. The fraction of sp³-hybridized carbons (Fsp3) is 0.812. The van der Waals surface area contributed by atoms with Crippen molar-refractivity contribution in [3.8, 4) is 0 Å². The van der Waals surface area contributed by atoms with E-state index >= 15 is 0 Å². The zero-order valence-electron chi connectivity index (χ0n) is 25.6. The van der Waals surface area contributed by atoms with E-state index in [1.807, 2.05) is 27.7 Å². The first-order valence-electron chi connectivity index (χ1n) is 14.7. The molecule has 3 N–H and O–H groups in total. The highest BCUT2D eigenvalue weighted by Crippen LogP contribution is 2.74. The molecule has 0 heterocycles. The molecule has 4 aliphatic carbocycles. The van der Waals surface area contributed by atoms with Crippen LogP contribution in [0.15, 0.2) is 11.6 Å². The summed E-state index contributed by atoms with van der Waals surface area (Å²) in [7, 11) is 0. The molecule has 4 rings (SSSR count). The molecule has 0 aliphatic heterocycles. The van der Waals surface area contributed by atoms with E-state index in [4.69, 9.17) is 4.74 Å². The average Bonchev–Trinajstić information content (AvgIpc) is 3.01. The minimum atomic E-state index is -1.91. The van der Waals surface area contributed by atoms with Gasteiger partial charge in [0.15, 0.2) is 11.6 Å². The summed E-state index contributed by atoms with van der Waals surface area (Å²) >= 11 is 0. The predicted octanol–water partition coefficient (Wildman–Crippen LogP) is 3.72. The summed E-state index contributed by atoms with van der Waals surface area (Å²) in [6, 6.07) is 0. The topological polar surface area (TPSA) is 138 Å². The summed E-state index contributed by atoms with van der Waals surface area (Å²) in [5.74, 6) is -2.52. The Bertz CT molecular complexity index is 1160. The highest BCUT2D eigenvalue weighted by atomic mass is 16.6. The van der Waals surface area contributed by atoms with Crippen LogP contribution in [0.25, 0.3) is 0 Å². The molecule has 8 nitrogen and oxygen atoms in total. The van der Waals surface area contributed by atoms with Gasteiger partial charge in [0.1, 0.15) is 23.1 Å². The summed E-state index contributed by atoms with van der Waals surface area (Å²) in [5, 5.41) is 34.1. The second-order valence-corrected chi connectivity index (χ2v) is 15.1. The molecule has 3 saturated carbocycles. The molecule has 224 valence electrons. The van der Waals surface area contributed by atoms with E-state index < -0.39 is 62.7 Å². The third-order valence-electron chi connectivity index (χ3n) is 11.9. The lowest BCUT2D eigenvalue weighted by molar-refractivity contribution is -0.185. The zero-order valence-corrected chi connectivity index (χ0v) is 25.6. The van der Waals surface area contributed by atoms with Gasteiger partial charge in [-0.3, -0.25) is 19.2 Å². The van der Waals surface area contributed by atoms with Crippen LogP contribution in [-0.2, 0) is 23.9 Å². The molecular formula is C32H48O8. The maximum Gasteiger partial charge on any atom is 0.303 e. The summed E-state index contributed by atoms with van der Waals surface area (Å²) < 4.78 is 5.31. The Balaban J connectivity index is 1.70. The monoisotopic (exact) mass is 560 g/mol. The van der Waals surface area contributed by atoms with Crippen molar-refractivity contribution >= 4 is 23.3 Å². The van der Waals surface area contributed by atoms with Crippen molar-refractivity contribution in [3.05, 3.63) is 11.6 Å². The first kappa shape index (κ1) is 31.0. The van der Waals surface area contributed by atoms with Gasteiger partial charge in [-0.05, 0) is 83.0 Å². The Morgan fingerprint density at radius 1 is 1.05 bits per heavy atom. The fourth-order valence-electron chi connectivity index (χ4n) is 9.68. The largest absolute Gasteiger partial charge is 0.460 e. The number of aliphatic hydroxyl groups is 3. The lowest BCUT2D eigenvalue weighted by Crippen LogP contribution is -2.65. The molecule has 0 aromatic carbocycles. The molecule has 40 heavy (non-hydrogen) atoms. The molecule has 9 unspecified atom stereocenters.